The van der Waals surface area contributed by atoms with E-state index in [9.17, 15) is 4.79 Å². The summed E-state index contributed by atoms with van der Waals surface area (Å²) in [5, 5.41) is 2.97. The minimum atomic E-state index is 0.167. The molecule has 0 aromatic heterocycles. The van der Waals surface area contributed by atoms with E-state index in [0.29, 0.717) is 0 Å². The SMILES string of the molecule is CCCCNC(=O)C1=CCCCCC1. The van der Waals surface area contributed by atoms with Crippen LogP contribution in [-0.2, 0) is 4.79 Å². The fourth-order valence-electron chi connectivity index (χ4n) is 1.71. The summed E-state index contributed by atoms with van der Waals surface area (Å²) in [6.45, 7) is 2.96. The van der Waals surface area contributed by atoms with Gasteiger partial charge in [0.25, 0.3) is 0 Å². The topological polar surface area (TPSA) is 29.1 Å². The molecule has 0 saturated carbocycles. The van der Waals surface area contributed by atoms with E-state index in [-0.39, 0.29) is 5.91 Å². The maximum atomic E-state index is 11.6. The van der Waals surface area contributed by atoms with Gasteiger partial charge in [-0.3, -0.25) is 4.79 Å². The number of carbonyl (C=O) groups excluding carboxylic acids is 1. The van der Waals surface area contributed by atoms with Gasteiger partial charge in [-0.1, -0.05) is 25.8 Å². The number of rotatable bonds is 4. The molecular formula is C12H21NO. The van der Waals surface area contributed by atoms with Gasteiger partial charge in [-0.15, -0.1) is 0 Å². The predicted molar refractivity (Wildman–Crippen MR) is 59.1 cm³/mol. The van der Waals surface area contributed by atoms with Gasteiger partial charge in [-0.25, -0.2) is 0 Å². The van der Waals surface area contributed by atoms with Gasteiger partial charge in [0, 0.05) is 12.1 Å². The molecule has 1 rings (SSSR count). The van der Waals surface area contributed by atoms with Crippen LogP contribution in [0.25, 0.3) is 0 Å². The van der Waals surface area contributed by atoms with Crippen molar-refractivity contribution in [2.24, 2.45) is 0 Å². The van der Waals surface area contributed by atoms with Crippen LogP contribution in [-0.4, -0.2) is 12.5 Å². The van der Waals surface area contributed by atoms with Crippen LogP contribution in [0.1, 0.15) is 51.9 Å². The second-order valence-electron chi connectivity index (χ2n) is 3.94. The number of allylic oxidation sites excluding steroid dienone is 1. The van der Waals surface area contributed by atoms with Crippen LogP contribution in [0, 0.1) is 0 Å². The molecule has 1 aliphatic carbocycles. The third kappa shape index (κ3) is 3.95. The van der Waals surface area contributed by atoms with E-state index >= 15 is 0 Å². The number of nitrogens with one attached hydrogen (secondary N) is 1. The Hall–Kier alpha value is -0.790. The minimum Gasteiger partial charge on any atom is -0.352 e. The van der Waals surface area contributed by atoms with Gasteiger partial charge in [-0.05, 0) is 32.1 Å². The standard InChI is InChI=1S/C12H21NO/c1-2-3-10-13-12(14)11-8-6-4-5-7-9-11/h8H,2-7,9-10H2,1H3,(H,13,14). The maximum absolute atomic E-state index is 11.6. The van der Waals surface area contributed by atoms with Crippen molar-refractivity contribution in [1.29, 1.82) is 0 Å². The highest BCUT2D eigenvalue weighted by Gasteiger charge is 2.09. The molecule has 0 fully saturated rings. The number of amides is 1. The van der Waals surface area contributed by atoms with Gasteiger partial charge in [0.05, 0.1) is 0 Å². The summed E-state index contributed by atoms with van der Waals surface area (Å²) in [5.41, 5.74) is 1.01. The second kappa shape index (κ2) is 6.63. The zero-order chi connectivity index (χ0) is 10.2. The zero-order valence-electron chi connectivity index (χ0n) is 9.14. The Bertz CT molecular complexity index is 208. The molecule has 1 aliphatic rings. The van der Waals surface area contributed by atoms with E-state index in [1.165, 1.54) is 19.3 Å². The summed E-state index contributed by atoms with van der Waals surface area (Å²) in [6, 6.07) is 0. The Kier molecular flexibility index (Phi) is 5.35. The molecule has 1 amide bonds. The molecular weight excluding hydrogens is 174 g/mol. The van der Waals surface area contributed by atoms with Crippen molar-refractivity contribution in [3.05, 3.63) is 11.6 Å². The van der Waals surface area contributed by atoms with Gasteiger partial charge in [0.2, 0.25) is 5.91 Å². The molecule has 0 atom stereocenters. The summed E-state index contributed by atoms with van der Waals surface area (Å²) < 4.78 is 0. The minimum absolute atomic E-state index is 0.167. The van der Waals surface area contributed by atoms with Crippen LogP contribution in [0.4, 0.5) is 0 Å². The van der Waals surface area contributed by atoms with Crippen LogP contribution in [0.3, 0.4) is 0 Å². The molecule has 0 aromatic carbocycles. The first-order valence-corrected chi connectivity index (χ1v) is 5.82. The average molecular weight is 195 g/mol. The van der Waals surface area contributed by atoms with Crippen LogP contribution in [0.5, 0.6) is 0 Å². The third-order valence-electron chi connectivity index (χ3n) is 2.65. The summed E-state index contributed by atoms with van der Waals surface area (Å²) in [4.78, 5) is 11.6. The van der Waals surface area contributed by atoms with Crippen LogP contribution >= 0.6 is 0 Å². The molecule has 80 valence electrons. The first kappa shape index (κ1) is 11.3. The Morgan fingerprint density at radius 2 is 2.29 bits per heavy atom. The van der Waals surface area contributed by atoms with Gasteiger partial charge in [-0.2, -0.15) is 0 Å². The van der Waals surface area contributed by atoms with Crippen molar-refractivity contribution < 1.29 is 4.79 Å². The van der Waals surface area contributed by atoms with Crippen molar-refractivity contribution in [1.82, 2.24) is 5.32 Å². The van der Waals surface area contributed by atoms with E-state index in [2.05, 4.69) is 18.3 Å². The Balaban J connectivity index is 2.30. The van der Waals surface area contributed by atoms with Crippen molar-refractivity contribution in [3.63, 3.8) is 0 Å². The van der Waals surface area contributed by atoms with Crippen molar-refractivity contribution in [2.45, 2.75) is 51.9 Å². The van der Waals surface area contributed by atoms with E-state index in [4.69, 9.17) is 0 Å². The molecule has 0 saturated heterocycles. The molecule has 14 heavy (non-hydrogen) atoms. The van der Waals surface area contributed by atoms with Crippen LogP contribution in [0.2, 0.25) is 0 Å². The van der Waals surface area contributed by atoms with Gasteiger partial charge in [0.15, 0.2) is 0 Å². The highest BCUT2D eigenvalue weighted by molar-refractivity contribution is 5.93. The van der Waals surface area contributed by atoms with E-state index in [1.807, 2.05) is 0 Å². The molecule has 0 heterocycles. The normalized spacial score (nSPS) is 17.1. The van der Waals surface area contributed by atoms with E-state index in [1.54, 1.807) is 0 Å². The lowest BCUT2D eigenvalue weighted by molar-refractivity contribution is -0.117. The zero-order valence-corrected chi connectivity index (χ0v) is 9.14. The maximum Gasteiger partial charge on any atom is 0.246 e. The molecule has 0 aliphatic heterocycles. The number of carbonyl (C=O) groups is 1. The van der Waals surface area contributed by atoms with Gasteiger partial charge < -0.3 is 5.32 Å². The molecule has 1 N–H and O–H groups in total. The highest BCUT2D eigenvalue weighted by atomic mass is 16.1. The fraction of sp³-hybridized carbons (Fsp3) is 0.750. The monoisotopic (exact) mass is 195 g/mol. The molecule has 2 heteroatoms. The summed E-state index contributed by atoms with van der Waals surface area (Å²) in [6.07, 6.45) is 10.1. The fourth-order valence-corrected chi connectivity index (χ4v) is 1.71. The third-order valence-corrected chi connectivity index (χ3v) is 2.65. The molecule has 0 spiro atoms. The average Bonchev–Trinajstić information content (AvgIpc) is 2.46. The molecule has 0 aromatic rings. The summed E-state index contributed by atoms with van der Waals surface area (Å²) >= 11 is 0. The quantitative estimate of drug-likeness (QED) is 0.687. The van der Waals surface area contributed by atoms with Crippen molar-refractivity contribution >= 4 is 5.91 Å². The highest BCUT2D eigenvalue weighted by Crippen LogP contribution is 2.16. The molecule has 0 bridgehead atoms. The Morgan fingerprint density at radius 1 is 1.43 bits per heavy atom. The molecule has 0 unspecified atom stereocenters. The van der Waals surface area contributed by atoms with Gasteiger partial charge >= 0.3 is 0 Å². The van der Waals surface area contributed by atoms with Crippen LogP contribution < -0.4 is 5.32 Å². The second-order valence-corrected chi connectivity index (χ2v) is 3.94. The molecule has 2 nitrogen and oxygen atoms in total. The lowest BCUT2D eigenvalue weighted by Gasteiger charge is -2.06. The van der Waals surface area contributed by atoms with E-state index < -0.39 is 0 Å². The summed E-state index contributed by atoms with van der Waals surface area (Å²) in [5.74, 6) is 0.167. The van der Waals surface area contributed by atoms with Crippen LogP contribution in [0.15, 0.2) is 11.6 Å². The lowest BCUT2D eigenvalue weighted by atomic mass is 10.1. The largest absolute Gasteiger partial charge is 0.352 e. The first-order valence-electron chi connectivity index (χ1n) is 5.82. The predicted octanol–water partition coefficient (Wildman–Crippen LogP) is 2.79. The lowest BCUT2D eigenvalue weighted by Crippen LogP contribution is -2.25. The first-order chi connectivity index (χ1) is 6.84. The smallest absolute Gasteiger partial charge is 0.246 e. The number of hydrogen-bond acceptors (Lipinski definition) is 1. The Labute approximate surface area is 86.8 Å². The molecule has 0 radical (unpaired) electrons. The van der Waals surface area contributed by atoms with Gasteiger partial charge in [0.1, 0.15) is 0 Å². The van der Waals surface area contributed by atoms with E-state index in [0.717, 1.165) is 37.8 Å². The Morgan fingerprint density at radius 3 is 3.07 bits per heavy atom. The van der Waals surface area contributed by atoms with Crippen molar-refractivity contribution in [2.75, 3.05) is 6.54 Å². The number of hydrogen-bond donors (Lipinski definition) is 1. The number of unbranched alkanes of at least 4 members (excludes halogenated alkanes) is 1. The summed E-state index contributed by atoms with van der Waals surface area (Å²) in [7, 11) is 0. The van der Waals surface area contributed by atoms with Crippen molar-refractivity contribution in [3.8, 4) is 0 Å².